The molecule has 0 N–H and O–H groups in total. The first-order valence-corrected chi connectivity index (χ1v) is 7.75. The molecule has 0 bridgehead atoms. The summed E-state index contributed by atoms with van der Waals surface area (Å²) in [7, 11) is 1.91. The Morgan fingerprint density at radius 1 is 1.37 bits per heavy atom. The third-order valence-corrected chi connectivity index (χ3v) is 5.58. The first-order valence-electron chi connectivity index (χ1n) is 6.93. The van der Waals surface area contributed by atoms with Crippen molar-refractivity contribution in [1.29, 1.82) is 0 Å². The van der Waals surface area contributed by atoms with Gasteiger partial charge < -0.3 is 4.90 Å². The van der Waals surface area contributed by atoms with Crippen molar-refractivity contribution in [3.05, 3.63) is 17.1 Å². The average molecular weight is 275 g/mol. The van der Waals surface area contributed by atoms with Gasteiger partial charge in [-0.1, -0.05) is 6.42 Å². The molecule has 0 unspecified atom stereocenters. The van der Waals surface area contributed by atoms with Crippen molar-refractivity contribution in [2.45, 2.75) is 19.3 Å². The number of amides is 1. The zero-order valence-electron chi connectivity index (χ0n) is 11.0. The quantitative estimate of drug-likeness (QED) is 0.802. The van der Waals surface area contributed by atoms with Crippen LogP contribution < -0.4 is 0 Å². The van der Waals surface area contributed by atoms with Crippen LogP contribution >= 0.6 is 11.3 Å². The minimum absolute atomic E-state index is 0.208. The number of aryl methyl sites for hydroxylation is 1. The second-order valence-corrected chi connectivity index (χ2v) is 6.91. The predicted octanol–water partition coefficient (Wildman–Crippen LogP) is 2.51. The Hall–Kier alpha value is -1.36. The van der Waals surface area contributed by atoms with Gasteiger partial charge in [0, 0.05) is 26.3 Å². The van der Waals surface area contributed by atoms with E-state index in [0.717, 1.165) is 40.0 Å². The minimum atomic E-state index is 0.208. The number of likely N-dealkylation sites (tertiary alicyclic amines) is 1. The number of hydrogen-bond acceptors (Lipinski definition) is 3. The van der Waals surface area contributed by atoms with E-state index in [0.29, 0.717) is 0 Å². The molecule has 1 saturated carbocycles. The van der Waals surface area contributed by atoms with Crippen molar-refractivity contribution in [2.75, 3.05) is 13.1 Å². The van der Waals surface area contributed by atoms with Gasteiger partial charge in [-0.25, -0.2) is 0 Å². The van der Waals surface area contributed by atoms with E-state index in [1.807, 2.05) is 19.3 Å². The van der Waals surface area contributed by atoms with E-state index in [2.05, 4.69) is 10.00 Å². The Balaban J connectivity index is 1.58. The van der Waals surface area contributed by atoms with Crippen LogP contribution in [0, 0.1) is 11.8 Å². The molecule has 1 saturated heterocycles. The SMILES string of the molecule is Cn1cc2sc(C(=O)N3C[C@H]4CCC[C@H]4C3)cc2n1. The standard InChI is InChI=1S/C14H17N3OS/c1-16-8-13-11(15-16)5-12(19-13)14(18)17-6-9-3-2-4-10(9)7-17/h5,8-10H,2-4,6-7H2,1H3/t9-,10+. The van der Waals surface area contributed by atoms with E-state index < -0.39 is 0 Å². The Bertz CT molecular complexity index is 601. The molecule has 2 atom stereocenters. The molecule has 1 aliphatic carbocycles. The average Bonchev–Trinajstić information content (AvgIpc) is 3.03. The van der Waals surface area contributed by atoms with E-state index in [1.54, 1.807) is 16.0 Å². The van der Waals surface area contributed by atoms with Crippen molar-refractivity contribution in [2.24, 2.45) is 18.9 Å². The molecule has 19 heavy (non-hydrogen) atoms. The van der Waals surface area contributed by atoms with Crippen LogP contribution in [0.2, 0.25) is 0 Å². The summed E-state index contributed by atoms with van der Waals surface area (Å²) in [5, 5.41) is 4.36. The third kappa shape index (κ3) is 1.79. The van der Waals surface area contributed by atoms with E-state index >= 15 is 0 Å². The van der Waals surface area contributed by atoms with Crippen LogP contribution in [0.5, 0.6) is 0 Å². The summed E-state index contributed by atoms with van der Waals surface area (Å²) in [5.74, 6) is 1.73. The molecule has 2 fully saturated rings. The molecule has 1 aliphatic heterocycles. The molecule has 2 aromatic heterocycles. The number of carbonyl (C=O) groups is 1. The summed E-state index contributed by atoms with van der Waals surface area (Å²) < 4.78 is 2.90. The number of carbonyl (C=O) groups excluding carboxylic acids is 1. The molecule has 3 heterocycles. The fourth-order valence-electron chi connectivity index (χ4n) is 3.60. The van der Waals surface area contributed by atoms with Gasteiger partial charge in [0.2, 0.25) is 0 Å². The molecule has 0 aromatic carbocycles. The van der Waals surface area contributed by atoms with Crippen LogP contribution in [0.1, 0.15) is 28.9 Å². The number of nitrogens with zero attached hydrogens (tertiary/aromatic N) is 3. The van der Waals surface area contributed by atoms with E-state index in [4.69, 9.17) is 0 Å². The smallest absolute Gasteiger partial charge is 0.264 e. The highest BCUT2D eigenvalue weighted by Gasteiger charge is 2.38. The van der Waals surface area contributed by atoms with Gasteiger partial charge in [0.25, 0.3) is 5.91 Å². The molecule has 0 spiro atoms. The van der Waals surface area contributed by atoms with Crippen LogP contribution in [-0.4, -0.2) is 33.7 Å². The molecule has 4 rings (SSSR count). The maximum absolute atomic E-state index is 12.5. The van der Waals surface area contributed by atoms with Crippen molar-refractivity contribution >= 4 is 27.5 Å². The Morgan fingerprint density at radius 2 is 2.11 bits per heavy atom. The van der Waals surface area contributed by atoms with Crippen molar-refractivity contribution in [1.82, 2.24) is 14.7 Å². The maximum atomic E-state index is 12.5. The summed E-state index contributed by atoms with van der Waals surface area (Å²) >= 11 is 1.57. The second-order valence-electron chi connectivity index (χ2n) is 5.82. The van der Waals surface area contributed by atoms with Crippen molar-refractivity contribution in [3.63, 3.8) is 0 Å². The lowest BCUT2D eigenvalue weighted by atomic mass is 10.0. The summed E-state index contributed by atoms with van der Waals surface area (Å²) in [6, 6.07) is 1.94. The lowest BCUT2D eigenvalue weighted by Gasteiger charge is -2.15. The van der Waals surface area contributed by atoms with Gasteiger partial charge in [-0.05, 0) is 30.7 Å². The van der Waals surface area contributed by atoms with Crippen LogP contribution in [0.3, 0.4) is 0 Å². The minimum Gasteiger partial charge on any atom is -0.337 e. The van der Waals surface area contributed by atoms with Gasteiger partial charge >= 0.3 is 0 Å². The number of thiophene rings is 1. The lowest BCUT2D eigenvalue weighted by molar-refractivity contribution is 0.0785. The highest BCUT2D eigenvalue weighted by molar-refractivity contribution is 7.20. The molecule has 100 valence electrons. The number of rotatable bonds is 1. The zero-order valence-corrected chi connectivity index (χ0v) is 11.8. The molecular formula is C14H17N3OS. The number of aromatic nitrogens is 2. The second kappa shape index (κ2) is 4.07. The summed E-state index contributed by atoms with van der Waals surface area (Å²) in [6.45, 7) is 1.93. The summed E-state index contributed by atoms with van der Waals surface area (Å²) in [4.78, 5) is 15.4. The largest absolute Gasteiger partial charge is 0.337 e. The summed E-state index contributed by atoms with van der Waals surface area (Å²) in [5.41, 5.74) is 0.940. The van der Waals surface area contributed by atoms with Gasteiger partial charge in [0.1, 0.15) is 5.52 Å². The third-order valence-electron chi connectivity index (χ3n) is 4.53. The molecule has 2 aliphatic rings. The fourth-order valence-corrected chi connectivity index (χ4v) is 4.63. The fraction of sp³-hybridized carbons (Fsp3) is 0.571. The highest BCUT2D eigenvalue weighted by atomic mass is 32.1. The molecule has 2 aromatic rings. The molecule has 4 nitrogen and oxygen atoms in total. The zero-order chi connectivity index (χ0) is 13.0. The van der Waals surface area contributed by atoms with E-state index in [-0.39, 0.29) is 5.91 Å². The van der Waals surface area contributed by atoms with Gasteiger partial charge in [-0.15, -0.1) is 11.3 Å². The van der Waals surface area contributed by atoms with Crippen LogP contribution in [0.4, 0.5) is 0 Å². The van der Waals surface area contributed by atoms with Gasteiger partial charge in [0.15, 0.2) is 0 Å². The number of fused-ring (bicyclic) bond motifs is 2. The Labute approximate surface area is 116 Å². The summed E-state index contributed by atoms with van der Waals surface area (Å²) in [6.07, 6.45) is 5.95. The first kappa shape index (κ1) is 11.5. The van der Waals surface area contributed by atoms with Gasteiger partial charge in [0.05, 0.1) is 9.58 Å². The first-order chi connectivity index (χ1) is 9.20. The normalized spacial score (nSPS) is 26.3. The monoisotopic (exact) mass is 275 g/mol. The van der Waals surface area contributed by atoms with Crippen LogP contribution in [-0.2, 0) is 7.05 Å². The van der Waals surface area contributed by atoms with Gasteiger partial charge in [-0.2, -0.15) is 5.10 Å². The van der Waals surface area contributed by atoms with Crippen LogP contribution in [0.15, 0.2) is 12.3 Å². The van der Waals surface area contributed by atoms with Crippen LogP contribution in [0.25, 0.3) is 10.2 Å². The predicted molar refractivity (Wildman–Crippen MR) is 75.3 cm³/mol. The van der Waals surface area contributed by atoms with E-state index in [1.165, 1.54) is 19.3 Å². The molecule has 0 radical (unpaired) electrons. The number of hydrogen-bond donors (Lipinski definition) is 0. The lowest BCUT2D eigenvalue weighted by Crippen LogP contribution is -2.28. The topological polar surface area (TPSA) is 38.1 Å². The Kier molecular flexibility index (Phi) is 2.45. The molecule has 1 amide bonds. The van der Waals surface area contributed by atoms with Crippen molar-refractivity contribution in [3.8, 4) is 0 Å². The molecule has 5 heteroatoms. The highest BCUT2D eigenvalue weighted by Crippen LogP contribution is 2.38. The molecular weight excluding hydrogens is 258 g/mol. The van der Waals surface area contributed by atoms with E-state index in [9.17, 15) is 4.79 Å². The Morgan fingerprint density at radius 3 is 2.79 bits per heavy atom. The van der Waals surface area contributed by atoms with Gasteiger partial charge in [-0.3, -0.25) is 9.48 Å². The van der Waals surface area contributed by atoms with Crippen molar-refractivity contribution < 1.29 is 4.79 Å². The maximum Gasteiger partial charge on any atom is 0.264 e.